The summed E-state index contributed by atoms with van der Waals surface area (Å²) in [6.07, 6.45) is 4.44. The summed E-state index contributed by atoms with van der Waals surface area (Å²) in [5.41, 5.74) is 2.76. The van der Waals surface area contributed by atoms with Crippen LogP contribution in [0.5, 0.6) is 0 Å². The minimum atomic E-state index is -0.952. The Morgan fingerprint density at radius 1 is 1.24 bits per heavy atom. The van der Waals surface area contributed by atoms with Gasteiger partial charge in [0.25, 0.3) is 11.6 Å². The molecule has 1 N–H and O–H groups in total. The van der Waals surface area contributed by atoms with Gasteiger partial charge in [0.2, 0.25) is 0 Å². The lowest BCUT2D eigenvalue weighted by molar-refractivity contribution is -0.384. The van der Waals surface area contributed by atoms with Crippen LogP contribution in [-0.4, -0.2) is 22.9 Å². The summed E-state index contributed by atoms with van der Waals surface area (Å²) < 4.78 is 5.17. The van der Waals surface area contributed by atoms with Gasteiger partial charge in [-0.2, -0.15) is 0 Å². The van der Waals surface area contributed by atoms with Gasteiger partial charge in [0.05, 0.1) is 11.0 Å². The number of hydrogen-bond acceptors (Lipinski definition) is 5. The molecule has 0 radical (unpaired) electrons. The minimum absolute atomic E-state index is 0.0685. The maximum atomic E-state index is 12.5. The molecule has 0 aliphatic heterocycles. The maximum Gasteiger partial charge on any atom is 0.331 e. The number of aryl methyl sites for hydroxylation is 1. The van der Waals surface area contributed by atoms with E-state index in [1.165, 1.54) is 36.8 Å². The number of rotatable bonds is 6. The SMILES string of the molecule is C[C@H](OC(=O)/C=C/c1cccc([N+](=O)[O-])c1)C(=O)N[C@H]1CCCc2ccccc21. The van der Waals surface area contributed by atoms with Gasteiger partial charge in [-0.05, 0) is 49.0 Å². The molecule has 2 aromatic rings. The average Bonchev–Trinajstić information content (AvgIpc) is 2.72. The lowest BCUT2D eigenvalue weighted by atomic mass is 9.87. The lowest BCUT2D eigenvalue weighted by Crippen LogP contribution is -2.39. The van der Waals surface area contributed by atoms with Crippen molar-refractivity contribution in [1.29, 1.82) is 0 Å². The molecule has 2 aromatic carbocycles. The number of carbonyl (C=O) groups excluding carboxylic acids is 2. The first kappa shape index (κ1) is 20.3. The number of ether oxygens (including phenoxy) is 1. The molecule has 7 nitrogen and oxygen atoms in total. The van der Waals surface area contributed by atoms with E-state index in [4.69, 9.17) is 4.74 Å². The van der Waals surface area contributed by atoms with E-state index < -0.39 is 17.0 Å². The van der Waals surface area contributed by atoms with Crippen LogP contribution in [0.15, 0.2) is 54.6 Å². The molecular formula is C22H22N2O5. The van der Waals surface area contributed by atoms with Crippen molar-refractivity contribution in [3.8, 4) is 0 Å². The van der Waals surface area contributed by atoms with Crippen molar-refractivity contribution < 1.29 is 19.2 Å². The summed E-state index contributed by atoms with van der Waals surface area (Å²) >= 11 is 0. The molecule has 3 rings (SSSR count). The van der Waals surface area contributed by atoms with Crippen LogP contribution in [0.3, 0.4) is 0 Å². The zero-order chi connectivity index (χ0) is 20.8. The van der Waals surface area contributed by atoms with Gasteiger partial charge >= 0.3 is 5.97 Å². The molecule has 1 amide bonds. The van der Waals surface area contributed by atoms with E-state index in [2.05, 4.69) is 11.4 Å². The molecule has 0 aromatic heterocycles. The van der Waals surface area contributed by atoms with E-state index in [0.29, 0.717) is 5.56 Å². The number of carbonyl (C=O) groups is 2. The molecule has 0 spiro atoms. The smallest absolute Gasteiger partial charge is 0.331 e. The third kappa shape index (κ3) is 5.28. The number of non-ortho nitro benzene ring substituents is 1. The molecule has 1 aliphatic rings. The van der Waals surface area contributed by atoms with Gasteiger partial charge in [-0.1, -0.05) is 36.4 Å². The van der Waals surface area contributed by atoms with Crippen LogP contribution in [0.25, 0.3) is 6.08 Å². The molecule has 29 heavy (non-hydrogen) atoms. The summed E-state index contributed by atoms with van der Waals surface area (Å²) in [5.74, 6) is -1.05. The fraction of sp³-hybridized carbons (Fsp3) is 0.273. The molecule has 0 saturated heterocycles. The summed E-state index contributed by atoms with van der Waals surface area (Å²) in [5, 5.41) is 13.8. The molecule has 0 saturated carbocycles. The van der Waals surface area contributed by atoms with Crippen molar-refractivity contribution in [2.24, 2.45) is 0 Å². The van der Waals surface area contributed by atoms with Crippen molar-refractivity contribution in [3.05, 3.63) is 81.4 Å². The van der Waals surface area contributed by atoms with Crippen LogP contribution in [0.2, 0.25) is 0 Å². The van der Waals surface area contributed by atoms with E-state index in [0.717, 1.165) is 30.9 Å². The normalized spacial score (nSPS) is 16.7. The van der Waals surface area contributed by atoms with Gasteiger partial charge in [-0.25, -0.2) is 4.79 Å². The number of amides is 1. The number of nitro groups is 1. The first-order valence-electron chi connectivity index (χ1n) is 9.45. The summed E-state index contributed by atoms with van der Waals surface area (Å²) in [6, 6.07) is 13.8. The van der Waals surface area contributed by atoms with Crippen LogP contribution in [0.1, 0.15) is 42.5 Å². The van der Waals surface area contributed by atoms with Gasteiger partial charge in [0.15, 0.2) is 6.10 Å². The fourth-order valence-corrected chi connectivity index (χ4v) is 3.37. The van der Waals surface area contributed by atoms with Crippen LogP contribution < -0.4 is 5.32 Å². The second-order valence-corrected chi connectivity index (χ2v) is 6.92. The predicted molar refractivity (Wildman–Crippen MR) is 108 cm³/mol. The van der Waals surface area contributed by atoms with E-state index in [-0.39, 0.29) is 17.6 Å². The highest BCUT2D eigenvalue weighted by Crippen LogP contribution is 2.29. The molecule has 0 fully saturated rings. The number of fused-ring (bicyclic) bond motifs is 1. The van der Waals surface area contributed by atoms with Gasteiger partial charge in [0, 0.05) is 18.2 Å². The van der Waals surface area contributed by atoms with Crippen molar-refractivity contribution in [2.75, 3.05) is 0 Å². The fourth-order valence-electron chi connectivity index (χ4n) is 3.37. The van der Waals surface area contributed by atoms with Crippen molar-refractivity contribution in [3.63, 3.8) is 0 Å². The summed E-state index contributed by atoms with van der Waals surface area (Å²) in [6.45, 7) is 1.52. The number of nitrogens with one attached hydrogen (secondary N) is 1. The number of hydrogen-bond donors (Lipinski definition) is 1. The minimum Gasteiger partial charge on any atom is -0.449 e. The molecular weight excluding hydrogens is 372 g/mol. The number of benzene rings is 2. The summed E-state index contributed by atoms with van der Waals surface area (Å²) in [7, 11) is 0. The highest BCUT2D eigenvalue weighted by molar-refractivity contribution is 5.90. The Morgan fingerprint density at radius 3 is 2.83 bits per heavy atom. The van der Waals surface area contributed by atoms with Gasteiger partial charge in [0.1, 0.15) is 0 Å². The Hall–Kier alpha value is -3.48. The van der Waals surface area contributed by atoms with Crippen LogP contribution in [0.4, 0.5) is 5.69 Å². The molecule has 1 aliphatic carbocycles. The van der Waals surface area contributed by atoms with E-state index in [1.807, 2.05) is 18.2 Å². The van der Waals surface area contributed by atoms with Crippen molar-refractivity contribution in [2.45, 2.75) is 38.3 Å². The Balaban J connectivity index is 1.56. The van der Waals surface area contributed by atoms with Crippen molar-refractivity contribution in [1.82, 2.24) is 5.32 Å². The molecule has 2 atom stereocenters. The Bertz CT molecular complexity index is 954. The zero-order valence-corrected chi connectivity index (χ0v) is 16.0. The monoisotopic (exact) mass is 394 g/mol. The average molecular weight is 394 g/mol. The van der Waals surface area contributed by atoms with Crippen LogP contribution in [0, 0.1) is 10.1 Å². The maximum absolute atomic E-state index is 12.5. The van der Waals surface area contributed by atoms with Crippen LogP contribution in [-0.2, 0) is 20.7 Å². The van der Waals surface area contributed by atoms with E-state index in [9.17, 15) is 19.7 Å². The van der Waals surface area contributed by atoms with E-state index >= 15 is 0 Å². The third-order valence-corrected chi connectivity index (χ3v) is 4.84. The molecule has 0 bridgehead atoms. The highest BCUT2D eigenvalue weighted by Gasteiger charge is 2.24. The van der Waals surface area contributed by atoms with E-state index in [1.54, 1.807) is 6.07 Å². The third-order valence-electron chi connectivity index (χ3n) is 4.84. The quantitative estimate of drug-likeness (QED) is 0.348. The number of nitro benzene ring substituents is 1. The second-order valence-electron chi connectivity index (χ2n) is 6.92. The Morgan fingerprint density at radius 2 is 2.03 bits per heavy atom. The zero-order valence-electron chi connectivity index (χ0n) is 16.0. The van der Waals surface area contributed by atoms with Crippen molar-refractivity contribution >= 4 is 23.6 Å². The molecule has 0 unspecified atom stereocenters. The Labute approximate surface area is 168 Å². The van der Waals surface area contributed by atoms with Gasteiger partial charge in [-0.15, -0.1) is 0 Å². The topological polar surface area (TPSA) is 98.5 Å². The largest absolute Gasteiger partial charge is 0.449 e. The number of nitrogens with zero attached hydrogens (tertiary/aromatic N) is 1. The standard InChI is InChI=1S/C22H22N2O5/c1-15(22(26)23-20-11-5-8-17-7-2-3-10-19(17)20)29-21(25)13-12-16-6-4-9-18(14-16)24(27)28/h2-4,6-7,9-10,12-15,20H,5,8,11H2,1H3,(H,23,26)/b13-12+/t15-,20-/m0/s1. The molecule has 7 heteroatoms. The molecule has 0 heterocycles. The first-order chi connectivity index (χ1) is 13.9. The Kier molecular flexibility index (Phi) is 6.39. The number of esters is 1. The second kappa shape index (κ2) is 9.14. The molecule has 150 valence electrons. The predicted octanol–water partition coefficient (Wildman–Crippen LogP) is 3.73. The first-order valence-corrected chi connectivity index (χ1v) is 9.45. The van der Waals surface area contributed by atoms with Gasteiger partial charge in [-0.3, -0.25) is 14.9 Å². The summed E-state index contributed by atoms with van der Waals surface area (Å²) in [4.78, 5) is 34.8. The lowest BCUT2D eigenvalue weighted by Gasteiger charge is -2.27. The van der Waals surface area contributed by atoms with Gasteiger partial charge < -0.3 is 10.1 Å². The van der Waals surface area contributed by atoms with Crippen LogP contribution >= 0.6 is 0 Å². The highest BCUT2D eigenvalue weighted by atomic mass is 16.6.